The van der Waals surface area contributed by atoms with Crippen molar-refractivity contribution in [1.82, 2.24) is 4.57 Å². The van der Waals surface area contributed by atoms with Crippen molar-refractivity contribution in [2.45, 2.75) is 19.3 Å². The van der Waals surface area contributed by atoms with Crippen molar-refractivity contribution in [2.75, 3.05) is 11.4 Å². The molecule has 14 heavy (non-hydrogen) atoms. The summed E-state index contributed by atoms with van der Waals surface area (Å²) in [5.74, 6) is 0.262. The maximum absolute atomic E-state index is 11.5. The minimum absolute atomic E-state index is 0.262. The number of amides is 1. The Balaban J connectivity index is 1.96. The zero-order chi connectivity index (χ0) is 9.54. The van der Waals surface area contributed by atoms with Gasteiger partial charge in [0.05, 0.1) is 5.69 Å². The molecule has 1 amide bonds. The van der Waals surface area contributed by atoms with Crippen molar-refractivity contribution >= 4 is 17.8 Å². The van der Waals surface area contributed by atoms with Gasteiger partial charge in [-0.05, 0) is 12.5 Å². The van der Waals surface area contributed by atoms with E-state index in [1.54, 1.807) is 0 Å². The van der Waals surface area contributed by atoms with Crippen molar-refractivity contribution in [1.29, 1.82) is 0 Å². The minimum atomic E-state index is 0.262. The molecule has 0 aromatic carbocycles. The van der Waals surface area contributed by atoms with E-state index in [9.17, 15) is 4.79 Å². The molecule has 0 atom stereocenters. The molecule has 0 bridgehead atoms. The SMILES string of the molecule is O=C1CCCN1c1cc2n(c1)C=CC2. The molecule has 0 spiro atoms. The molecule has 1 fully saturated rings. The second kappa shape index (κ2) is 2.74. The van der Waals surface area contributed by atoms with E-state index in [0.29, 0.717) is 6.42 Å². The van der Waals surface area contributed by atoms with Gasteiger partial charge in [0.2, 0.25) is 5.91 Å². The van der Waals surface area contributed by atoms with Crippen LogP contribution in [-0.4, -0.2) is 17.0 Å². The summed E-state index contributed by atoms with van der Waals surface area (Å²) in [7, 11) is 0. The van der Waals surface area contributed by atoms with Gasteiger partial charge < -0.3 is 9.47 Å². The number of carbonyl (C=O) groups excluding carboxylic acids is 1. The molecule has 1 saturated heterocycles. The van der Waals surface area contributed by atoms with Crippen LogP contribution in [0.2, 0.25) is 0 Å². The van der Waals surface area contributed by atoms with E-state index >= 15 is 0 Å². The number of hydrogen-bond donors (Lipinski definition) is 0. The van der Waals surface area contributed by atoms with E-state index in [0.717, 1.165) is 25.1 Å². The van der Waals surface area contributed by atoms with Gasteiger partial charge in [-0.25, -0.2) is 0 Å². The van der Waals surface area contributed by atoms with Crippen LogP contribution in [0.4, 0.5) is 5.69 Å². The van der Waals surface area contributed by atoms with Crippen molar-refractivity contribution in [3.8, 4) is 0 Å². The summed E-state index contributed by atoms with van der Waals surface area (Å²) in [6, 6.07) is 2.11. The smallest absolute Gasteiger partial charge is 0.227 e. The fourth-order valence-corrected chi connectivity index (χ4v) is 2.17. The first-order valence-corrected chi connectivity index (χ1v) is 5.02. The van der Waals surface area contributed by atoms with E-state index in [-0.39, 0.29) is 5.91 Å². The largest absolute Gasteiger partial charge is 0.325 e. The number of fused-ring (bicyclic) bond motifs is 1. The average molecular weight is 188 g/mol. The van der Waals surface area contributed by atoms with Gasteiger partial charge in [-0.3, -0.25) is 4.79 Å². The van der Waals surface area contributed by atoms with Gasteiger partial charge in [0.25, 0.3) is 0 Å². The third-order valence-corrected chi connectivity index (χ3v) is 2.90. The lowest BCUT2D eigenvalue weighted by molar-refractivity contribution is -0.117. The summed E-state index contributed by atoms with van der Waals surface area (Å²) in [5.41, 5.74) is 2.34. The molecule has 0 aliphatic carbocycles. The summed E-state index contributed by atoms with van der Waals surface area (Å²) >= 11 is 0. The first-order valence-electron chi connectivity index (χ1n) is 5.02. The summed E-state index contributed by atoms with van der Waals surface area (Å²) in [6.07, 6.45) is 8.92. The Hall–Kier alpha value is -1.51. The third kappa shape index (κ3) is 1.02. The first-order chi connectivity index (χ1) is 6.84. The monoisotopic (exact) mass is 188 g/mol. The third-order valence-electron chi connectivity index (χ3n) is 2.90. The first kappa shape index (κ1) is 7.85. The Morgan fingerprint density at radius 3 is 3.00 bits per heavy atom. The number of hydrogen-bond acceptors (Lipinski definition) is 1. The van der Waals surface area contributed by atoms with Crippen LogP contribution in [0, 0.1) is 0 Å². The van der Waals surface area contributed by atoms with Crippen molar-refractivity contribution < 1.29 is 4.79 Å². The molecule has 3 heteroatoms. The van der Waals surface area contributed by atoms with Crippen molar-refractivity contribution in [2.24, 2.45) is 0 Å². The van der Waals surface area contributed by atoms with Crippen LogP contribution in [0.3, 0.4) is 0 Å². The molecule has 3 heterocycles. The van der Waals surface area contributed by atoms with Gasteiger partial charge in [-0.1, -0.05) is 6.08 Å². The molecule has 2 aliphatic rings. The second-order valence-electron chi connectivity index (χ2n) is 3.83. The Morgan fingerprint density at radius 2 is 2.29 bits per heavy atom. The summed E-state index contributed by atoms with van der Waals surface area (Å²) in [4.78, 5) is 13.4. The van der Waals surface area contributed by atoms with E-state index in [4.69, 9.17) is 0 Å². The Labute approximate surface area is 82.6 Å². The zero-order valence-corrected chi connectivity index (χ0v) is 7.94. The number of nitrogens with zero attached hydrogens (tertiary/aromatic N) is 2. The molecular formula is C11H12N2O. The van der Waals surface area contributed by atoms with Gasteiger partial charge >= 0.3 is 0 Å². The van der Waals surface area contributed by atoms with E-state index in [2.05, 4.69) is 22.9 Å². The second-order valence-corrected chi connectivity index (χ2v) is 3.83. The van der Waals surface area contributed by atoms with Gasteiger partial charge in [0, 0.05) is 37.5 Å². The molecule has 2 aliphatic heterocycles. The highest BCUT2D eigenvalue weighted by Gasteiger charge is 2.23. The number of anilines is 1. The summed E-state index contributed by atoms with van der Waals surface area (Å²) in [5, 5.41) is 0. The highest BCUT2D eigenvalue weighted by molar-refractivity contribution is 5.95. The standard InChI is InChI=1S/C11H12N2O/c14-11-4-2-6-13(11)10-7-9-3-1-5-12(9)8-10/h1,5,7-8H,2-4,6H2. The van der Waals surface area contributed by atoms with Crippen molar-refractivity contribution in [3.63, 3.8) is 0 Å². The molecule has 3 rings (SSSR count). The van der Waals surface area contributed by atoms with Crippen LogP contribution in [0.15, 0.2) is 18.3 Å². The van der Waals surface area contributed by atoms with E-state index in [1.165, 1.54) is 5.69 Å². The van der Waals surface area contributed by atoms with Crippen LogP contribution < -0.4 is 4.90 Å². The molecule has 72 valence electrons. The molecule has 0 unspecified atom stereocenters. The van der Waals surface area contributed by atoms with Crippen LogP contribution in [-0.2, 0) is 11.2 Å². The number of carbonyl (C=O) groups is 1. The predicted octanol–water partition coefficient (Wildman–Crippen LogP) is 1.64. The van der Waals surface area contributed by atoms with Gasteiger partial charge in [0.15, 0.2) is 0 Å². The molecule has 0 N–H and O–H groups in total. The molecule has 0 saturated carbocycles. The Kier molecular flexibility index (Phi) is 1.54. The highest BCUT2D eigenvalue weighted by atomic mass is 16.2. The van der Waals surface area contributed by atoms with E-state index < -0.39 is 0 Å². The molecule has 3 nitrogen and oxygen atoms in total. The highest BCUT2D eigenvalue weighted by Crippen LogP contribution is 2.26. The van der Waals surface area contributed by atoms with Crippen LogP contribution in [0.5, 0.6) is 0 Å². The topological polar surface area (TPSA) is 25.2 Å². The zero-order valence-electron chi connectivity index (χ0n) is 7.94. The Morgan fingerprint density at radius 1 is 1.36 bits per heavy atom. The summed E-state index contributed by atoms with van der Waals surface area (Å²) in [6.45, 7) is 0.881. The van der Waals surface area contributed by atoms with Crippen LogP contribution in [0.1, 0.15) is 18.5 Å². The average Bonchev–Trinajstić information content (AvgIpc) is 2.75. The number of rotatable bonds is 1. The van der Waals surface area contributed by atoms with Crippen LogP contribution in [0.25, 0.3) is 6.20 Å². The maximum atomic E-state index is 11.5. The lowest BCUT2D eigenvalue weighted by Crippen LogP contribution is -2.23. The summed E-state index contributed by atoms with van der Waals surface area (Å²) < 4.78 is 2.10. The quantitative estimate of drug-likeness (QED) is 0.657. The van der Waals surface area contributed by atoms with E-state index in [1.807, 2.05) is 11.1 Å². The molecular weight excluding hydrogens is 176 g/mol. The molecule has 1 aromatic rings. The lowest BCUT2D eigenvalue weighted by Gasteiger charge is -2.12. The fraction of sp³-hybridized carbons (Fsp3) is 0.364. The van der Waals surface area contributed by atoms with Gasteiger partial charge in [-0.2, -0.15) is 0 Å². The number of aromatic nitrogens is 1. The molecule has 0 radical (unpaired) electrons. The molecule has 1 aromatic heterocycles. The number of allylic oxidation sites excluding steroid dienone is 1. The van der Waals surface area contributed by atoms with Crippen LogP contribution >= 0.6 is 0 Å². The fourth-order valence-electron chi connectivity index (χ4n) is 2.17. The minimum Gasteiger partial charge on any atom is -0.325 e. The van der Waals surface area contributed by atoms with Crippen molar-refractivity contribution in [3.05, 3.63) is 24.0 Å². The Bertz CT molecular complexity index is 417. The predicted molar refractivity (Wildman–Crippen MR) is 55.1 cm³/mol. The normalized spacial score (nSPS) is 19.4. The van der Waals surface area contributed by atoms with Gasteiger partial charge in [-0.15, -0.1) is 0 Å². The maximum Gasteiger partial charge on any atom is 0.227 e. The lowest BCUT2D eigenvalue weighted by atomic mass is 10.3. The van der Waals surface area contributed by atoms with Gasteiger partial charge in [0.1, 0.15) is 0 Å².